The fourth-order valence-corrected chi connectivity index (χ4v) is 1.73. The van der Waals surface area contributed by atoms with Crippen molar-refractivity contribution in [2.45, 2.75) is 0 Å². The van der Waals surface area contributed by atoms with Crippen LogP contribution in [0.4, 0.5) is 0 Å². The van der Waals surface area contributed by atoms with Crippen molar-refractivity contribution < 1.29 is 13.2 Å². The van der Waals surface area contributed by atoms with Crippen LogP contribution in [0.2, 0.25) is 5.02 Å². The Kier molecular flexibility index (Phi) is 4.43. The van der Waals surface area contributed by atoms with Crippen LogP contribution in [-0.4, -0.2) is 20.3 Å². The van der Waals surface area contributed by atoms with Gasteiger partial charge in [-0.25, -0.2) is 13.2 Å². The van der Waals surface area contributed by atoms with Crippen LogP contribution in [0.5, 0.6) is 0 Å². The van der Waals surface area contributed by atoms with Gasteiger partial charge < -0.3 is 0 Å². The monoisotopic (exact) mass is 257 g/mol. The highest BCUT2D eigenvalue weighted by molar-refractivity contribution is 7.90. The molecule has 0 unspecified atom stereocenters. The van der Waals surface area contributed by atoms with Crippen LogP contribution < -0.4 is 0 Å². The Morgan fingerprint density at radius 2 is 2.06 bits per heavy atom. The van der Waals surface area contributed by atoms with Crippen molar-refractivity contribution in [1.82, 2.24) is 0 Å². The van der Waals surface area contributed by atoms with E-state index in [0.717, 1.165) is 6.08 Å². The molecule has 0 saturated heterocycles. The van der Waals surface area contributed by atoms with Gasteiger partial charge in [-0.05, 0) is 11.6 Å². The van der Waals surface area contributed by atoms with E-state index in [0.29, 0.717) is 10.6 Å². The molecule has 0 aromatic heterocycles. The van der Waals surface area contributed by atoms with Gasteiger partial charge in [-0.3, -0.25) is 0 Å². The van der Waals surface area contributed by atoms with Crippen molar-refractivity contribution in [1.29, 1.82) is 0 Å². The Balaban J connectivity index is 2.77. The fraction of sp³-hybridized carbons (Fsp3) is 0.100. The second kappa shape index (κ2) is 5.61. The summed E-state index contributed by atoms with van der Waals surface area (Å²) < 4.78 is 24.7. The molecule has 0 spiro atoms. The molecule has 1 rings (SSSR count). The van der Waals surface area contributed by atoms with Crippen molar-refractivity contribution in [3.63, 3.8) is 0 Å². The minimum absolute atomic E-state index is 0.354. The Bertz CT molecular complexity index is 545. The first-order valence-electron chi connectivity index (χ1n) is 4.28. The van der Waals surface area contributed by atoms with E-state index >= 15 is 0 Å². The molecular weight excluding hydrogens is 250 g/mol. The Morgan fingerprint density at radius 1 is 1.38 bits per heavy atom. The molecule has 1 aromatic rings. The second-order valence-corrected chi connectivity index (χ2v) is 4.94. The third-order valence-electron chi connectivity index (χ3n) is 1.69. The van der Waals surface area contributed by atoms with Gasteiger partial charge in [-0.1, -0.05) is 46.3 Å². The first kappa shape index (κ1) is 12.6. The maximum absolute atomic E-state index is 11.0. The van der Waals surface area contributed by atoms with Crippen LogP contribution in [-0.2, 0) is 14.8 Å². The van der Waals surface area contributed by atoms with Gasteiger partial charge in [-0.2, -0.15) is 0 Å². The zero-order chi connectivity index (χ0) is 12.0. The topological polar surface area (TPSA) is 63.6 Å². The summed E-state index contributed by atoms with van der Waals surface area (Å²) >= 11 is 5.85. The molecule has 1 aromatic carbocycles. The Morgan fingerprint density at radius 3 is 2.69 bits per heavy atom. The number of halogens is 1. The molecule has 0 bridgehead atoms. The van der Waals surface area contributed by atoms with Gasteiger partial charge in [-0.15, -0.1) is 0 Å². The van der Waals surface area contributed by atoms with E-state index in [1.807, 2.05) is 0 Å². The van der Waals surface area contributed by atoms with Crippen molar-refractivity contribution in [2.24, 2.45) is 4.40 Å². The van der Waals surface area contributed by atoms with E-state index in [9.17, 15) is 13.2 Å². The summed E-state index contributed by atoms with van der Waals surface area (Å²) in [6, 6.07) is 6.99. The fourth-order valence-electron chi connectivity index (χ4n) is 1.00. The molecule has 0 aliphatic carbocycles. The molecule has 0 saturated carbocycles. The summed E-state index contributed by atoms with van der Waals surface area (Å²) in [5, 5.41) is 0.523. The van der Waals surface area contributed by atoms with Gasteiger partial charge in [0.15, 0.2) is 0 Å². The number of carbonyl (C=O) groups excluding carboxylic acids is 1. The summed E-state index contributed by atoms with van der Waals surface area (Å²) in [5.41, 5.74) is 0.703. The highest BCUT2D eigenvalue weighted by Gasteiger charge is 2.04. The number of rotatable bonds is 4. The molecule has 4 nitrogen and oxygen atoms in total. The first-order chi connectivity index (χ1) is 7.55. The van der Waals surface area contributed by atoms with Crippen LogP contribution in [0.3, 0.4) is 0 Å². The van der Waals surface area contributed by atoms with Crippen LogP contribution in [0.1, 0.15) is 5.56 Å². The molecule has 0 radical (unpaired) electrons. The molecule has 0 aliphatic rings. The van der Waals surface area contributed by atoms with E-state index in [1.165, 1.54) is 6.08 Å². The van der Waals surface area contributed by atoms with Crippen molar-refractivity contribution in [2.75, 3.05) is 5.75 Å². The van der Waals surface area contributed by atoms with E-state index in [1.54, 1.807) is 30.3 Å². The average molecular weight is 258 g/mol. The van der Waals surface area contributed by atoms with Gasteiger partial charge in [0, 0.05) is 5.02 Å². The van der Waals surface area contributed by atoms with E-state index < -0.39 is 10.0 Å². The second-order valence-electron chi connectivity index (χ2n) is 2.86. The van der Waals surface area contributed by atoms with Crippen LogP contribution in [0.15, 0.2) is 34.7 Å². The minimum Gasteiger partial charge on any atom is -0.210 e. The molecule has 0 N–H and O–H groups in total. The predicted molar refractivity (Wildman–Crippen MR) is 62.4 cm³/mol. The Hall–Kier alpha value is -1.42. The summed E-state index contributed by atoms with van der Waals surface area (Å²) in [7, 11) is -3.74. The van der Waals surface area contributed by atoms with Gasteiger partial charge in [0.25, 0.3) is 16.1 Å². The highest BCUT2D eigenvalue weighted by Crippen LogP contribution is 2.16. The zero-order valence-corrected chi connectivity index (χ0v) is 9.70. The average Bonchev–Trinajstić information content (AvgIpc) is 2.20. The Labute approximate surface area is 98.3 Å². The largest absolute Gasteiger partial charge is 0.267 e. The minimum atomic E-state index is -3.74. The summed E-state index contributed by atoms with van der Waals surface area (Å²) in [6.07, 6.45) is 3.92. The number of nitrogens with zero attached hydrogens (tertiary/aromatic N) is 1. The summed E-state index contributed by atoms with van der Waals surface area (Å²) in [5.74, 6) is -0.354. The normalized spacial score (nSPS) is 11.3. The maximum Gasteiger partial charge on any atom is 0.267 e. The van der Waals surface area contributed by atoms with Crippen LogP contribution in [0.25, 0.3) is 6.08 Å². The molecule has 6 heteroatoms. The maximum atomic E-state index is 11.0. The molecule has 0 heterocycles. The van der Waals surface area contributed by atoms with Crippen LogP contribution >= 0.6 is 11.6 Å². The van der Waals surface area contributed by atoms with Gasteiger partial charge in [0.2, 0.25) is 0 Å². The van der Waals surface area contributed by atoms with E-state index in [-0.39, 0.29) is 5.75 Å². The van der Waals surface area contributed by atoms with Gasteiger partial charge >= 0.3 is 0 Å². The molecule has 0 atom stereocenters. The molecule has 0 amide bonds. The molecule has 0 aliphatic heterocycles. The lowest BCUT2D eigenvalue weighted by molar-refractivity contribution is 0.564. The van der Waals surface area contributed by atoms with Crippen molar-refractivity contribution in [3.05, 3.63) is 40.9 Å². The number of benzene rings is 1. The third-order valence-corrected chi connectivity index (χ3v) is 3.00. The zero-order valence-electron chi connectivity index (χ0n) is 8.13. The smallest absolute Gasteiger partial charge is 0.210 e. The number of isocyanates is 1. The predicted octanol–water partition coefficient (Wildman–Crippen LogP) is 2.02. The summed E-state index contributed by atoms with van der Waals surface area (Å²) in [4.78, 5) is 9.79. The first-order valence-corrected chi connectivity index (χ1v) is 6.27. The lowest BCUT2D eigenvalue weighted by Gasteiger charge is -1.95. The van der Waals surface area contributed by atoms with E-state index in [2.05, 4.69) is 4.40 Å². The lowest BCUT2D eigenvalue weighted by Crippen LogP contribution is -1.98. The quantitative estimate of drug-likeness (QED) is 0.612. The van der Waals surface area contributed by atoms with Gasteiger partial charge in [0.1, 0.15) is 0 Å². The SMILES string of the molecule is O=C=NS(=O)(=O)CC=Cc1ccccc1Cl. The van der Waals surface area contributed by atoms with Gasteiger partial charge in [0.05, 0.1) is 5.75 Å². The van der Waals surface area contributed by atoms with Crippen molar-refractivity contribution >= 4 is 33.8 Å². The lowest BCUT2D eigenvalue weighted by atomic mass is 10.2. The summed E-state index contributed by atoms with van der Waals surface area (Å²) in [6.45, 7) is 0. The standard InChI is InChI=1S/C10H8ClNO3S/c11-10-6-2-1-4-9(10)5-3-7-16(14,15)12-8-13/h1-6H,7H2. The van der Waals surface area contributed by atoms with E-state index in [4.69, 9.17) is 11.6 Å². The molecule has 16 heavy (non-hydrogen) atoms. The van der Waals surface area contributed by atoms with Crippen LogP contribution in [0, 0.1) is 0 Å². The van der Waals surface area contributed by atoms with Crippen molar-refractivity contribution in [3.8, 4) is 0 Å². The molecule has 84 valence electrons. The third kappa shape index (κ3) is 3.98. The number of hydrogen-bond donors (Lipinski definition) is 0. The number of hydrogen-bond acceptors (Lipinski definition) is 3. The number of sulfonamides is 1. The highest BCUT2D eigenvalue weighted by atomic mass is 35.5. The molecule has 0 fully saturated rings. The molecular formula is C10H8ClNO3S.